The van der Waals surface area contributed by atoms with Crippen LogP contribution in [0.1, 0.15) is 48.0 Å². The highest BCUT2D eigenvalue weighted by Gasteiger charge is 2.17. The molecule has 2 rings (SSSR count). The summed E-state index contributed by atoms with van der Waals surface area (Å²) in [5.74, 6) is 5.56. The van der Waals surface area contributed by atoms with Crippen LogP contribution in [-0.2, 0) is 0 Å². The molecule has 3 nitrogen and oxygen atoms in total. The Kier molecular flexibility index (Phi) is 5.77. The van der Waals surface area contributed by atoms with Crippen molar-refractivity contribution >= 4 is 5.91 Å². The molecule has 0 bridgehead atoms. The first kappa shape index (κ1) is 15.5. The van der Waals surface area contributed by atoms with E-state index in [-0.39, 0.29) is 12.5 Å². The Bertz CT molecular complexity index is 556. The van der Waals surface area contributed by atoms with Crippen LogP contribution in [0.3, 0.4) is 0 Å². The van der Waals surface area contributed by atoms with Gasteiger partial charge in [-0.25, -0.2) is 4.39 Å². The Hall–Kier alpha value is -1.86. The van der Waals surface area contributed by atoms with E-state index in [4.69, 9.17) is 5.11 Å². The molecule has 21 heavy (non-hydrogen) atoms. The van der Waals surface area contributed by atoms with Gasteiger partial charge in [-0.3, -0.25) is 4.79 Å². The largest absolute Gasteiger partial charge is 0.395 e. The maximum absolute atomic E-state index is 13.3. The van der Waals surface area contributed by atoms with E-state index in [1.54, 1.807) is 0 Å². The third-order valence-corrected chi connectivity index (χ3v) is 3.75. The highest BCUT2D eigenvalue weighted by molar-refractivity contribution is 5.96. The number of hydrogen-bond acceptors (Lipinski definition) is 2. The topological polar surface area (TPSA) is 49.3 Å². The normalized spacial score (nSPS) is 14.0. The fraction of sp³-hybridized carbons (Fsp3) is 0.471. The number of halogens is 1. The van der Waals surface area contributed by atoms with Crippen molar-refractivity contribution in [1.82, 2.24) is 5.32 Å². The first-order valence-electron chi connectivity index (χ1n) is 7.38. The zero-order valence-electron chi connectivity index (χ0n) is 12.0. The fourth-order valence-corrected chi connectivity index (χ4v) is 2.30. The molecule has 1 fully saturated rings. The van der Waals surface area contributed by atoms with E-state index in [2.05, 4.69) is 17.2 Å². The van der Waals surface area contributed by atoms with E-state index in [1.165, 1.54) is 37.5 Å². The summed E-state index contributed by atoms with van der Waals surface area (Å²) in [5.41, 5.74) is 0.750. The van der Waals surface area contributed by atoms with E-state index >= 15 is 0 Å². The molecule has 2 N–H and O–H groups in total. The van der Waals surface area contributed by atoms with Gasteiger partial charge in [-0.05, 0) is 30.5 Å². The number of aliphatic hydroxyl groups excluding tert-OH is 1. The molecule has 0 unspecified atom stereocenters. The summed E-state index contributed by atoms with van der Waals surface area (Å²) in [7, 11) is 0. The number of rotatable bonds is 5. The van der Waals surface area contributed by atoms with Crippen LogP contribution in [0.5, 0.6) is 0 Å². The number of benzene rings is 1. The lowest BCUT2D eigenvalue weighted by atomic mass is 9.83. The lowest BCUT2D eigenvalue weighted by Crippen LogP contribution is -2.28. The minimum atomic E-state index is -0.422. The summed E-state index contributed by atoms with van der Waals surface area (Å²) >= 11 is 0. The van der Waals surface area contributed by atoms with Gasteiger partial charge in [0.15, 0.2) is 0 Å². The summed E-state index contributed by atoms with van der Waals surface area (Å²) in [4.78, 5) is 12.1. The smallest absolute Gasteiger partial charge is 0.252 e. The molecule has 1 amide bonds. The van der Waals surface area contributed by atoms with Gasteiger partial charge in [0.25, 0.3) is 5.91 Å². The minimum absolute atomic E-state index is 0.0504. The third-order valence-electron chi connectivity index (χ3n) is 3.75. The van der Waals surface area contributed by atoms with Gasteiger partial charge >= 0.3 is 0 Å². The number of nitrogens with one attached hydrogen (secondary N) is 1. The number of carbonyl (C=O) groups is 1. The molecule has 1 aromatic rings. The quantitative estimate of drug-likeness (QED) is 0.818. The van der Waals surface area contributed by atoms with E-state index < -0.39 is 5.82 Å². The van der Waals surface area contributed by atoms with Gasteiger partial charge in [0.2, 0.25) is 0 Å². The molecule has 112 valence electrons. The van der Waals surface area contributed by atoms with Crippen LogP contribution >= 0.6 is 0 Å². The molecule has 0 saturated heterocycles. The van der Waals surface area contributed by atoms with Crippen LogP contribution < -0.4 is 5.32 Å². The van der Waals surface area contributed by atoms with Crippen LogP contribution in [0.25, 0.3) is 0 Å². The molecule has 0 atom stereocenters. The van der Waals surface area contributed by atoms with Crippen LogP contribution in [0.15, 0.2) is 18.2 Å². The van der Waals surface area contributed by atoms with Gasteiger partial charge in [-0.15, -0.1) is 0 Å². The van der Waals surface area contributed by atoms with Crippen molar-refractivity contribution in [2.45, 2.75) is 32.1 Å². The lowest BCUT2D eigenvalue weighted by molar-refractivity contribution is 0.0948. The zero-order valence-corrected chi connectivity index (χ0v) is 12.0. The van der Waals surface area contributed by atoms with Crippen molar-refractivity contribution in [3.63, 3.8) is 0 Å². The molecule has 0 heterocycles. The van der Waals surface area contributed by atoms with Crippen LogP contribution in [0.4, 0.5) is 4.39 Å². The van der Waals surface area contributed by atoms with Crippen LogP contribution in [0, 0.1) is 23.6 Å². The Morgan fingerprint density at radius 1 is 1.43 bits per heavy atom. The number of amides is 1. The minimum Gasteiger partial charge on any atom is -0.395 e. The molecule has 1 aliphatic carbocycles. The Labute approximate surface area is 124 Å². The number of aliphatic hydroxyl groups is 1. The predicted molar refractivity (Wildman–Crippen MR) is 79.3 cm³/mol. The molecule has 1 saturated carbocycles. The van der Waals surface area contributed by atoms with Gasteiger partial charge in [-0.2, -0.15) is 0 Å². The highest BCUT2D eigenvalue weighted by atomic mass is 19.1. The fourth-order valence-electron chi connectivity index (χ4n) is 2.30. The van der Waals surface area contributed by atoms with E-state index in [9.17, 15) is 9.18 Å². The van der Waals surface area contributed by atoms with Crippen molar-refractivity contribution in [1.29, 1.82) is 0 Å². The second-order valence-corrected chi connectivity index (χ2v) is 5.31. The van der Waals surface area contributed by atoms with Gasteiger partial charge in [-0.1, -0.05) is 31.1 Å². The van der Waals surface area contributed by atoms with Crippen molar-refractivity contribution in [2.75, 3.05) is 13.2 Å². The number of hydrogen-bond donors (Lipinski definition) is 2. The number of carbonyl (C=O) groups excluding carboxylic acids is 1. The van der Waals surface area contributed by atoms with Crippen molar-refractivity contribution < 1.29 is 14.3 Å². The van der Waals surface area contributed by atoms with Gasteiger partial charge in [0, 0.05) is 18.5 Å². The first-order valence-corrected chi connectivity index (χ1v) is 7.38. The monoisotopic (exact) mass is 289 g/mol. The summed E-state index contributed by atoms with van der Waals surface area (Å²) in [6, 6.07) is 3.97. The molecular weight excluding hydrogens is 269 g/mol. The SMILES string of the molecule is O=C(NCCC1CCC1)c1ccc(F)cc1C#CCCO. The van der Waals surface area contributed by atoms with Crippen molar-refractivity contribution in [2.24, 2.45) is 5.92 Å². The lowest BCUT2D eigenvalue weighted by Gasteiger charge is -2.25. The highest BCUT2D eigenvalue weighted by Crippen LogP contribution is 2.28. The molecular formula is C17H20FNO2. The maximum atomic E-state index is 13.3. The first-order chi connectivity index (χ1) is 10.2. The summed E-state index contributed by atoms with van der Waals surface area (Å²) in [6.45, 7) is 0.593. The van der Waals surface area contributed by atoms with E-state index in [1.807, 2.05) is 0 Å². The maximum Gasteiger partial charge on any atom is 0.252 e. The molecule has 0 aromatic heterocycles. The Morgan fingerprint density at radius 2 is 2.24 bits per heavy atom. The van der Waals surface area contributed by atoms with Crippen LogP contribution in [0.2, 0.25) is 0 Å². The van der Waals surface area contributed by atoms with E-state index in [0.717, 1.165) is 12.3 Å². The molecule has 0 radical (unpaired) electrons. The predicted octanol–water partition coefficient (Wildman–Crippen LogP) is 2.48. The van der Waals surface area contributed by atoms with Crippen molar-refractivity contribution in [3.05, 3.63) is 35.1 Å². The molecule has 1 aliphatic rings. The average molecular weight is 289 g/mol. The second kappa shape index (κ2) is 7.80. The Balaban J connectivity index is 1.99. The third kappa shape index (κ3) is 4.57. The van der Waals surface area contributed by atoms with Crippen LogP contribution in [-0.4, -0.2) is 24.2 Å². The summed E-state index contributed by atoms with van der Waals surface area (Å²) in [5, 5.41) is 11.6. The molecule has 0 spiro atoms. The average Bonchev–Trinajstić information content (AvgIpc) is 2.42. The summed E-state index contributed by atoms with van der Waals surface area (Å²) < 4.78 is 13.3. The van der Waals surface area contributed by atoms with Crippen molar-refractivity contribution in [3.8, 4) is 11.8 Å². The van der Waals surface area contributed by atoms with E-state index in [0.29, 0.717) is 24.1 Å². The second-order valence-electron chi connectivity index (χ2n) is 5.31. The Morgan fingerprint density at radius 3 is 2.90 bits per heavy atom. The standard InChI is InChI=1S/C17H20FNO2/c18-15-7-8-16(14(12-15)6-1-2-11-20)17(21)19-10-9-13-4-3-5-13/h7-8,12-13,20H,2-5,9-11H2,(H,19,21). The zero-order chi connectivity index (χ0) is 15.1. The van der Waals surface area contributed by atoms with Gasteiger partial charge in [0.1, 0.15) is 5.82 Å². The molecule has 1 aromatic carbocycles. The summed E-state index contributed by atoms with van der Waals surface area (Å²) in [6.07, 6.45) is 5.10. The molecule has 0 aliphatic heterocycles. The van der Waals surface area contributed by atoms with Gasteiger partial charge < -0.3 is 10.4 Å². The molecule has 4 heteroatoms. The van der Waals surface area contributed by atoms with Gasteiger partial charge in [0.05, 0.1) is 12.2 Å².